The van der Waals surface area contributed by atoms with E-state index in [4.69, 9.17) is 4.74 Å². The van der Waals surface area contributed by atoms with Gasteiger partial charge in [-0.25, -0.2) is 0 Å². The average Bonchev–Trinajstić information content (AvgIpc) is 2.85. The Morgan fingerprint density at radius 2 is 1.58 bits per heavy atom. The number of rotatable bonds is 3. The van der Waals surface area contributed by atoms with Crippen molar-refractivity contribution in [1.29, 1.82) is 0 Å². The molecule has 3 aliphatic heterocycles. The van der Waals surface area contributed by atoms with Crippen LogP contribution in [0.15, 0.2) is 54.6 Å². The van der Waals surface area contributed by atoms with E-state index < -0.39 is 5.72 Å². The lowest BCUT2D eigenvalue weighted by atomic mass is 9.92. The third kappa shape index (κ3) is 4.45. The van der Waals surface area contributed by atoms with Crippen LogP contribution in [-0.2, 0) is 16.0 Å². The van der Waals surface area contributed by atoms with Crippen LogP contribution in [-0.4, -0.2) is 59.4 Å². The van der Waals surface area contributed by atoms with Crippen molar-refractivity contribution in [2.45, 2.75) is 37.8 Å². The quantitative estimate of drug-likeness (QED) is 0.785. The molecule has 0 radical (unpaired) electrons. The number of hydrogen-bond donors (Lipinski definition) is 1. The molecular formula is C26H29N3O4. The number of fused-ring (bicyclic) bond motifs is 1. The minimum absolute atomic E-state index is 0.0533. The van der Waals surface area contributed by atoms with E-state index in [1.165, 1.54) is 0 Å². The Kier molecular flexibility index (Phi) is 5.79. The fourth-order valence-corrected chi connectivity index (χ4v) is 5.09. The Morgan fingerprint density at radius 1 is 0.909 bits per heavy atom. The fraction of sp³-hybridized carbons (Fsp3) is 0.423. The summed E-state index contributed by atoms with van der Waals surface area (Å²) in [5.41, 5.74) is 0.827. The molecule has 0 unspecified atom stereocenters. The third-order valence-electron chi connectivity index (χ3n) is 7.06. The molecule has 0 aromatic heterocycles. The zero-order valence-corrected chi connectivity index (χ0v) is 18.7. The van der Waals surface area contributed by atoms with Crippen LogP contribution in [0, 0.1) is 5.92 Å². The highest BCUT2D eigenvalue weighted by Gasteiger charge is 2.44. The summed E-state index contributed by atoms with van der Waals surface area (Å²) in [6, 6.07) is 17.0. The van der Waals surface area contributed by atoms with Crippen molar-refractivity contribution >= 4 is 17.7 Å². The molecule has 33 heavy (non-hydrogen) atoms. The minimum atomic E-state index is -0.741. The van der Waals surface area contributed by atoms with Crippen molar-refractivity contribution in [3.05, 3.63) is 65.7 Å². The molecule has 7 nitrogen and oxygen atoms in total. The number of para-hydroxylation sites is 1. The Labute approximate surface area is 193 Å². The molecule has 0 aliphatic carbocycles. The van der Waals surface area contributed by atoms with Gasteiger partial charge in [-0.1, -0.05) is 42.5 Å². The maximum Gasteiger partial charge on any atom is 0.258 e. The summed E-state index contributed by atoms with van der Waals surface area (Å²) in [6.45, 7) is 2.34. The molecule has 2 fully saturated rings. The van der Waals surface area contributed by atoms with Crippen LogP contribution in [0.1, 0.15) is 41.6 Å². The second-order valence-electron chi connectivity index (χ2n) is 9.19. The maximum absolute atomic E-state index is 13.1. The summed E-state index contributed by atoms with van der Waals surface area (Å²) in [7, 11) is 0. The SMILES string of the molecule is O=C1NC2(CCN(C(=O)C3CCN(C(=O)Cc4ccccc4)CC3)CC2)Oc2ccccc21. The van der Waals surface area contributed by atoms with Crippen LogP contribution in [0.2, 0.25) is 0 Å². The van der Waals surface area contributed by atoms with E-state index in [1.54, 1.807) is 6.07 Å². The lowest BCUT2D eigenvalue weighted by molar-refractivity contribution is -0.143. The maximum atomic E-state index is 13.1. The van der Waals surface area contributed by atoms with Crippen molar-refractivity contribution in [1.82, 2.24) is 15.1 Å². The van der Waals surface area contributed by atoms with Crippen LogP contribution >= 0.6 is 0 Å². The van der Waals surface area contributed by atoms with Gasteiger partial charge in [0.15, 0.2) is 5.72 Å². The predicted molar refractivity (Wildman–Crippen MR) is 123 cm³/mol. The molecule has 172 valence electrons. The van der Waals surface area contributed by atoms with E-state index in [-0.39, 0.29) is 23.6 Å². The summed E-state index contributed by atoms with van der Waals surface area (Å²) >= 11 is 0. The van der Waals surface area contributed by atoms with Gasteiger partial charge in [-0.05, 0) is 30.5 Å². The van der Waals surface area contributed by atoms with Gasteiger partial charge in [0, 0.05) is 44.9 Å². The first kappa shape index (κ1) is 21.5. The van der Waals surface area contributed by atoms with E-state index in [1.807, 2.05) is 58.3 Å². The van der Waals surface area contributed by atoms with Crippen LogP contribution in [0.25, 0.3) is 0 Å². The number of carbonyl (C=O) groups is 3. The van der Waals surface area contributed by atoms with Gasteiger partial charge < -0.3 is 19.9 Å². The Morgan fingerprint density at radius 3 is 2.30 bits per heavy atom. The molecule has 3 heterocycles. The first-order valence-corrected chi connectivity index (χ1v) is 11.7. The van der Waals surface area contributed by atoms with Gasteiger partial charge in [-0.15, -0.1) is 0 Å². The summed E-state index contributed by atoms with van der Waals surface area (Å²) in [4.78, 5) is 42.1. The van der Waals surface area contributed by atoms with E-state index in [2.05, 4.69) is 5.32 Å². The molecule has 2 aromatic carbocycles. The smallest absolute Gasteiger partial charge is 0.258 e. The molecule has 2 aromatic rings. The zero-order chi connectivity index (χ0) is 22.8. The van der Waals surface area contributed by atoms with Crippen molar-refractivity contribution < 1.29 is 19.1 Å². The normalized spacial score (nSPS) is 20.1. The van der Waals surface area contributed by atoms with Gasteiger partial charge in [0.05, 0.1) is 12.0 Å². The molecule has 2 saturated heterocycles. The molecular weight excluding hydrogens is 418 g/mol. The number of likely N-dealkylation sites (tertiary alicyclic amines) is 2. The zero-order valence-electron chi connectivity index (χ0n) is 18.7. The number of carbonyl (C=O) groups excluding carboxylic acids is 3. The van der Waals surface area contributed by atoms with Crippen LogP contribution in [0.4, 0.5) is 0 Å². The standard InChI is InChI=1S/C26H29N3O4/c30-23(18-19-6-2-1-3-7-19)28-14-10-20(11-15-28)25(32)29-16-12-26(13-17-29)27-24(31)21-8-4-5-9-22(21)33-26/h1-9,20H,10-18H2,(H,27,31). The van der Waals surface area contributed by atoms with Crippen LogP contribution in [0.3, 0.4) is 0 Å². The molecule has 1 N–H and O–H groups in total. The number of nitrogens with zero attached hydrogens (tertiary/aromatic N) is 2. The molecule has 0 saturated carbocycles. The van der Waals surface area contributed by atoms with E-state index in [0.717, 1.165) is 5.56 Å². The first-order chi connectivity index (χ1) is 16.0. The second-order valence-corrected chi connectivity index (χ2v) is 9.19. The number of amides is 3. The molecule has 3 aliphatic rings. The highest BCUT2D eigenvalue weighted by atomic mass is 16.5. The van der Waals surface area contributed by atoms with Crippen molar-refractivity contribution in [3.63, 3.8) is 0 Å². The lowest BCUT2D eigenvalue weighted by Gasteiger charge is -2.45. The second kappa shape index (κ2) is 8.89. The molecule has 0 atom stereocenters. The monoisotopic (exact) mass is 447 g/mol. The van der Waals surface area contributed by atoms with Crippen molar-refractivity contribution in [2.75, 3.05) is 26.2 Å². The summed E-state index contributed by atoms with van der Waals surface area (Å²) in [5.74, 6) is 0.709. The van der Waals surface area contributed by atoms with Gasteiger partial charge in [0.2, 0.25) is 11.8 Å². The number of piperidine rings is 2. The molecule has 5 rings (SSSR count). The van der Waals surface area contributed by atoms with Gasteiger partial charge in [-0.3, -0.25) is 14.4 Å². The fourth-order valence-electron chi connectivity index (χ4n) is 5.09. The predicted octanol–water partition coefficient (Wildman–Crippen LogP) is 2.61. The highest BCUT2D eigenvalue weighted by Crippen LogP contribution is 2.34. The Balaban J connectivity index is 1.13. The molecule has 0 bridgehead atoms. The van der Waals surface area contributed by atoms with Crippen molar-refractivity contribution in [2.24, 2.45) is 5.92 Å². The Hall–Kier alpha value is -3.35. The highest BCUT2D eigenvalue weighted by molar-refractivity contribution is 5.98. The van der Waals surface area contributed by atoms with Crippen LogP contribution in [0.5, 0.6) is 5.75 Å². The topological polar surface area (TPSA) is 79.0 Å². The summed E-state index contributed by atoms with van der Waals surface area (Å²) < 4.78 is 6.18. The van der Waals surface area contributed by atoms with Gasteiger partial charge in [0.25, 0.3) is 5.91 Å². The number of benzene rings is 2. The van der Waals surface area contributed by atoms with Crippen LogP contribution < -0.4 is 10.1 Å². The molecule has 3 amide bonds. The van der Waals surface area contributed by atoms with Gasteiger partial charge in [0.1, 0.15) is 5.75 Å². The van der Waals surface area contributed by atoms with E-state index in [9.17, 15) is 14.4 Å². The van der Waals surface area contributed by atoms with Gasteiger partial charge in [-0.2, -0.15) is 0 Å². The first-order valence-electron chi connectivity index (χ1n) is 11.7. The molecule has 1 spiro atoms. The average molecular weight is 448 g/mol. The largest absolute Gasteiger partial charge is 0.467 e. The number of nitrogens with one attached hydrogen (secondary N) is 1. The minimum Gasteiger partial charge on any atom is -0.467 e. The van der Waals surface area contributed by atoms with E-state index in [0.29, 0.717) is 69.6 Å². The third-order valence-corrected chi connectivity index (χ3v) is 7.06. The van der Waals surface area contributed by atoms with Gasteiger partial charge >= 0.3 is 0 Å². The van der Waals surface area contributed by atoms with E-state index >= 15 is 0 Å². The number of hydrogen-bond acceptors (Lipinski definition) is 4. The number of ether oxygens (including phenoxy) is 1. The summed E-state index contributed by atoms with van der Waals surface area (Å²) in [6.07, 6.45) is 2.92. The Bertz CT molecular complexity index is 1040. The van der Waals surface area contributed by atoms with Crippen molar-refractivity contribution in [3.8, 4) is 5.75 Å². The molecule has 7 heteroatoms. The lowest BCUT2D eigenvalue weighted by Crippen LogP contribution is -2.62. The summed E-state index contributed by atoms with van der Waals surface area (Å²) in [5, 5.41) is 3.02.